The lowest BCUT2D eigenvalue weighted by Gasteiger charge is -2.29. The molecule has 92 valence electrons. The third-order valence-corrected chi connectivity index (χ3v) is 3.89. The van der Waals surface area contributed by atoms with E-state index in [0.29, 0.717) is 0 Å². The van der Waals surface area contributed by atoms with E-state index >= 15 is 0 Å². The summed E-state index contributed by atoms with van der Waals surface area (Å²) in [5.41, 5.74) is 9.01. The Balaban J connectivity index is 2.36. The summed E-state index contributed by atoms with van der Waals surface area (Å²) in [6, 6.07) is 5.40. The van der Waals surface area contributed by atoms with Crippen molar-refractivity contribution in [2.75, 3.05) is 0 Å². The lowest BCUT2D eigenvalue weighted by Crippen LogP contribution is -2.46. The van der Waals surface area contributed by atoms with E-state index in [2.05, 4.69) is 12.1 Å². The highest BCUT2D eigenvalue weighted by Crippen LogP contribution is 2.31. The largest absolute Gasteiger partial charge is 0.480 e. The van der Waals surface area contributed by atoms with Gasteiger partial charge in [0.2, 0.25) is 0 Å². The molecule has 0 fully saturated rings. The second-order valence-electron chi connectivity index (χ2n) is 5.37. The van der Waals surface area contributed by atoms with Gasteiger partial charge in [-0.15, -0.1) is 0 Å². The normalized spacial score (nSPS) is 16.6. The number of aryl methyl sites for hydroxylation is 2. The Bertz CT molecular complexity index is 452. The van der Waals surface area contributed by atoms with E-state index in [1.165, 1.54) is 17.5 Å². The van der Waals surface area contributed by atoms with Gasteiger partial charge in [0.25, 0.3) is 0 Å². The third-order valence-electron chi connectivity index (χ3n) is 3.89. The lowest BCUT2D eigenvalue weighted by atomic mass is 9.77. The van der Waals surface area contributed by atoms with Crippen molar-refractivity contribution in [1.29, 1.82) is 0 Å². The third kappa shape index (κ3) is 2.07. The number of carboxylic acid groups (broad SMARTS) is 1. The molecule has 17 heavy (non-hydrogen) atoms. The second kappa shape index (κ2) is 4.15. The first-order chi connectivity index (χ1) is 7.93. The maximum atomic E-state index is 11.0. The summed E-state index contributed by atoms with van der Waals surface area (Å²) in [6.45, 7) is 3.78. The van der Waals surface area contributed by atoms with Gasteiger partial charge in [-0.25, -0.2) is 0 Å². The number of benzene rings is 1. The lowest BCUT2D eigenvalue weighted by molar-refractivity contribution is -0.140. The first kappa shape index (κ1) is 12.1. The van der Waals surface area contributed by atoms with E-state index in [1.54, 1.807) is 0 Å². The number of hydrogen-bond acceptors (Lipinski definition) is 2. The number of fused-ring (bicyclic) bond motifs is 1. The molecule has 0 spiro atoms. The monoisotopic (exact) mass is 233 g/mol. The summed E-state index contributed by atoms with van der Waals surface area (Å²) < 4.78 is 0. The van der Waals surface area contributed by atoms with Gasteiger partial charge in [-0.3, -0.25) is 4.79 Å². The van der Waals surface area contributed by atoms with Crippen LogP contribution in [0, 0.1) is 0 Å². The molecule has 0 bridgehead atoms. The summed E-state index contributed by atoms with van der Waals surface area (Å²) in [6.07, 6.45) is 3.44. The first-order valence-electron chi connectivity index (χ1n) is 6.03. The zero-order chi connectivity index (χ0) is 12.6. The fourth-order valence-corrected chi connectivity index (χ4v) is 2.46. The fourth-order valence-electron chi connectivity index (χ4n) is 2.46. The molecule has 1 unspecified atom stereocenters. The maximum Gasteiger partial charge on any atom is 0.321 e. The van der Waals surface area contributed by atoms with E-state index in [0.717, 1.165) is 18.4 Å². The Morgan fingerprint density at radius 1 is 1.35 bits per heavy atom. The molecule has 0 saturated heterocycles. The van der Waals surface area contributed by atoms with Crippen molar-refractivity contribution in [3.05, 3.63) is 34.9 Å². The molecule has 0 aliphatic heterocycles. The Morgan fingerprint density at radius 2 is 2.00 bits per heavy atom. The van der Waals surface area contributed by atoms with Crippen LogP contribution in [0.2, 0.25) is 0 Å². The van der Waals surface area contributed by atoms with Gasteiger partial charge < -0.3 is 10.8 Å². The van der Waals surface area contributed by atoms with Crippen molar-refractivity contribution in [2.24, 2.45) is 5.73 Å². The van der Waals surface area contributed by atoms with Gasteiger partial charge in [-0.1, -0.05) is 32.0 Å². The van der Waals surface area contributed by atoms with E-state index in [4.69, 9.17) is 10.8 Å². The van der Waals surface area contributed by atoms with E-state index in [1.807, 2.05) is 19.9 Å². The highest BCUT2D eigenvalue weighted by molar-refractivity contribution is 5.75. The van der Waals surface area contributed by atoms with Crippen LogP contribution in [0.4, 0.5) is 0 Å². The van der Waals surface area contributed by atoms with Crippen molar-refractivity contribution in [3.8, 4) is 0 Å². The minimum absolute atomic E-state index is 0.538. The Kier molecular flexibility index (Phi) is 2.96. The molecule has 2 rings (SSSR count). The fraction of sp³-hybridized carbons (Fsp3) is 0.500. The molecule has 0 saturated carbocycles. The molecule has 3 heteroatoms. The van der Waals surface area contributed by atoms with Gasteiger partial charge in [0, 0.05) is 5.41 Å². The first-order valence-corrected chi connectivity index (χ1v) is 6.03. The molecule has 1 aromatic rings. The number of aliphatic carboxylic acids is 1. The Labute approximate surface area is 102 Å². The topological polar surface area (TPSA) is 63.3 Å². The average Bonchev–Trinajstić information content (AvgIpc) is 2.74. The van der Waals surface area contributed by atoms with Crippen LogP contribution in [-0.2, 0) is 23.1 Å². The summed E-state index contributed by atoms with van der Waals surface area (Å²) in [4.78, 5) is 11.0. The summed E-state index contributed by atoms with van der Waals surface area (Å²) in [5, 5.41) is 9.05. The standard InChI is InChI=1S/C14H19NO2/c1-14(2,12(15)13(16)17)11-7-6-9-4-3-5-10(9)8-11/h6-8,12H,3-5,15H2,1-2H3,(H,16,17). The number of nitrogens with two attached hydrogens (primary N) is 1. The highest BCUT2D eigenvalue weighted by atomic mass is 16.4. The molecule has 0 radical (unpaired) electrons. The molecule has 3 N–H and O–H groups in total. The molecule has 0 amide bonds. The van der Waals surface area contributed by atoms with Crippen LogP contribution in [0.3, 0.4) is 0 Å². The van der Waals surface area contributed by atoms with E-state index in [-0.39, 0.29) is 0 Å². The molecule has 1 aliphatic rings. The zero-order valence-corrected chi connectivity index (χ0v) is 10.4. The van der Waals surface area contributed by atoms with Gasteiger partial charge in [-0.2, -0.15) is 0 Å². The number of hydrogen-bond donors (Lipinski definition) is 2. The smallest absolute Gasteiger partial charge is 0.321 e. The molecule has 0 aromatic heterocycles. The highest BCUT2D eigenvalue weighted by Gasteiger charge is 2.34. The van der Waals surface area contributed by atoms with Crippen LogP contribution in [0.1, 0.15) is 37.0 Å². The molecule has 3 nitrogen and oxygen atoms in total. The van der Waals surface area contributed by atoms with Crippen molar-refractivity contribution in [1.82, 2.24) is 0 Å². The average molecular weight is 233 g/mol. The molecular weight excluding hydrogens is 214 g/mol. The van der Waals surface area contributed by atoms with E-state index in [9.17, 15) is 4.79 Å². The maximum absolute atomic E-state index is 11.0. The van der Waals surface area contributed by atoms with Gasteiger partial charge >= 0.3 is 5.97 Å². The van der Waals surface area contributed by atoms with Crippen molar-refractivity contribution >= 4 is 5.97 Å². The van der Waals surface area contributed by atoms with Crippen LogP contribution in [0.5, 0.6) is 0 Å². The van der Waals surface area contributed by atoms with Crippen LogP contribution >= 0.6 is 0 Å². The number of carboxylic acids is 1. The van der Waals surface area contributed by atoms with Crippen molar-refractivity contribution in [3.63, 3.8) is 0 Å². The quantitative estimate of drug-likeness (QED) is 0.837. The van der Waals surface area contributed by atoms with Crippen molar-refractivity contribution in [2.45, 2.75) is 44.6 Å². The SMILES string of the molecule is CC(C)(c1ccc2c(c1)CCC2)C(N)C(=O)O. The van der Waals surface area contributed by atoms with Crippen LogP contribution in [0.25, 0.3) is 0 Å². The van der Waals surface area contributed by atoms with Crippen LogP contribution in [-0.4, -0.2) is 17.1 Å². The molecule has 1 aliphatic carbocycles. The molecule has 0 heterocycles. The predicted molar refractivity (Wildman–Crippen MR) is 67.1 cm³/mol. The zero-order valence-electron chi connectivity index (χ0n) is 10.4. The Hall–Kier alpha value is -1.35. The Morgan fingerprint density at radius 3 is 2.65 bits per heavy atom. The predicted octanol–water partition coefficient (Wildman–Crippen LogP) is 1.86. The van der Waals surface area contributed by atoms with E-state index < -0.39 is 17.4 Å². The van der Waals surface area contributed by atoms with Crippen LogP contribution in [0.15, 0.2) is 18.2 Å². The number of carbonyl (C=O) groups is 1. The van der Waals surface area contributed by atoms with Gasteiger partial charge in [0.15, 0.2) is 0 Å². The minimum atomic E-state index is -0.949. The van der Waals surface area contributed by atoms with Crippen LogP contribution < -0.4 is 5.73 Å². The minimum Gasteiger partial charge on any atom is -0.480 e. The van der Waals surface area contributed by atoms with Gasteiger partial charge in [-0.05, 0) is 36.0 Å². The summed E-state index contributed by atoms with van der Waals surface area (Å²) >= 11 is 0. The van der Waals surface area contributed by atoms with Gasteiger partial charge in [0.05, 0.1) is 0 Å². The van der Waals surface area contributed by atoms with Gasteiger partial charge in [0.1, 0.15) is 6.04 Å². The summed E-state index contributed by atoms with van der Waals surface area (Å²) in [7, 11) is 0. The van der Waals surface area contributed by atoms with Crippen molar-refractivity contribution < 1.29 is 9.90 Å². The molecular formula is C14H19NO2. The number of rotatable bonds is 3. The second-order valence-corrected chi connectivity index (χ2v) is 5.37. The molecule has 1 atom stereocenters. The molecule has 1 aromatic carbocycles. The summed E-state index contributed by atoms with van der Waals surface area (Å²) in [5.74, 6) is -0.949.